The zero-order valence-electron chi connectivity index (χ0n) is 15.4. The SMILES string of the molecule is CCOC(=O)c1[nH]c(/C=C2\C(=O)Nc3cc(C(=O)O)ccc32)c2c1CCCC2. The zero-order valence-corrected chi connectivity index (χ0v) is 15.4. The number of ether oxygens (including phenoxy) is 1. The smallest absolute Gasteiger partial charge is 0.355 e. The molecule has 2 aromatic rings. The van der Waals surface area contributed by atoms with Crippen molar-refractivity contribution in [1.82, 2.24) is 4.98 Å². The molecular weight excluding hydrogens is 360 g/mol. The Hall–Kier alpha value is -3.35. The maximum atomic E-state index is 12.5. The van der Waals surface area contributed by atoms with Crippen LogP contribution in [0, 0.1) is 0 Å². The van der Waals surface area contributed by atoms with Crippen LogP contribution in [0.25, 0.3) is 11.6 Å². The summed E-state index contributed by atoms with van der Waals surface area (Å²) in [4.78, 5) is 39.1. The summed E-state index contributed by atoms with van der Waals surface area (Å²) in [7, 11) is 0. The second kappa shape index (κ2) is 6.99. The van der Waals surface area contributed by atoms with Crippen LogP contribution in [0.5, 0.6) is 0 Å². The van der Waals surface area contributed by atoms with E-state index in [1.165, 1.54) is 12.1 Å². The molecule has 0 atom stereocenters. The minimum Gasteiger partial charge on any atom is -0.478 e. The summed E-state index contributed by atoms with van der Waals surface area (Å²) >= 11 is 0. The molecule has 1 aliphatic heterocycles. The summed E-state index contributed by atoms with van der Waals surface area (Å²) in [5, 5.41) is 11.9. The number of esters is 1. The molecule has 0 unspecified atom stereocenters. The fraction of sp³-hybridized carbons (Fsp3) is 0.286. The summed E-state index contributed by atoms with van der Waals surface area (Å²) in [6.45, 7) is 2.06. The number of H-pyrrole nitrogens is 1. The van der Waals surface area contributed by atoms with E-state index in [9.17, 15) is 14.4 Å². The van der Waals surface area contributed by atoms with Crippen molar-refractivity contribution in [3.63, 3.8) is 0 Å². The third-order valence-corrected chi connectivity index (χ3v) is 5.17. The van der Waals surface area contributed by atoms with Gasteiger partial charge in [-0.2, -0.15) is 0 Å². The molecule has 7 nitrogen and oxygen atoms in total. The highest BCUT2D eigenvalue weighted by Gasteiger charge is 2.28. The first-order chi connectivity index (χ1) is 13.5. The van der Waals surface area contributed by atoms with Gasteiger partial charge in [0.25, 0.3) is 5.91 Å². The third kappa shape index (κ3) is 2.98. The molecule has 7 heteroatoms. The lowest BCUT2D eigenvalue weighted by molar-refractivity contribution is -0.110. The third-order valence-electron chi connectivity index (χ3n) is 5.17. The topological polar surface area (TPSA) is 108 Å². The average Bonchev–Trinajstić information content (AvgIpc) is 3.20. The van der Waals surface area contributed by atoms with Crippen molar-refractivity contribution in [2.75, 3.05) is 11.9 Å². The number of aromatic amines is 1. The van der Waals surface area contributed by atoms with Crippen LogP contribution in [-0.4, -0.2) is 34.5 Å². The highest BCUT2D eigenvalue weighted by Crippen LogP contribution is 2.36. The molecular formula is C21H20N2O5. The predicted octanol–water partition coefficient (Wildman–Crippen LogP) is 3.26. The molecule has 2 aliphatic rings. The van der Waals surface area contributed by atoms with Gasteiger partial charge in [0, 0.05) is 16.9 Å². The van der Waals surface area contributed by atoms with Gasteiger partial charge in [-0.15, -0.1) is 0 Å². The second-order valence-electron chi connectivity index (χ2n) is 6.88. The number of hydrogen-bond donors (Lipinski definition) is 3. The number of nitrogens with one attached hydrogen (secondary N) is 2. The lowest BCUT2D eigenvalue weighted by Gasteiger charge is -2.13. The molecule has 0 saturated carbocycles. The number of aromatic carboxylic acids is 1. The van der Waals surface area contributed by atoms with E-state index in [0.717, 1.165) is 42.5 Å². The van der Waals surface area contributed by atoms with E-state index in [0.29, 0.717) is 29.1 Å². The van der Waals surface area contributed by atoms with Gasteiger partial charge in [-0.1, -0.05) is 6.07 Å². The fourth-order valence-corrected chi connectivity index (χ4v) is 3.88. The monoisotopic (exact) mass is 380 g/mol. The number of carbonyl (C=O) groups is 3. The Bertz CT molecular complexity index is 1030. The summed E-state index contributed by atoms with van der Waals surface area (Å²) in [5.41, 5.74) is 4.89. The number of carboxylic acid groups (broad SMARTS) is 1. The number of amides is 1. The van der Waals surface area contributed by atoms with Gasteiger partial charge in [-0.3, -0.25) is 4.79 Å². The van der Waals surface area contributed by atoms with Crippen molar-refractivity contribution in [2.24, 2.45) is 0 Å². The summed E-state index contributed by atoms with van der Waals surface area (Å²) in [6.07, 6.45) is 5.40. The van der Waals surface area contributed by atoms with Crippen LogP contribution in [0.4, 0.5) is 5.69 Å². The largest absolute Gasteiger partial charge is 0.478 e. The summed E-state index contributed by atoms with van der Waals surface area (Å²) in [5.74, 6) is -1.73. The Balaban J connectivity index is 1.79. The number of fused-ring (bicyclic) bond motifs is 2. The first-order valence-corrected chi connectivity index (χ1v) is 9.31. The molecule has 28 heavy (non-hydrogen) atoms. The minimum atomic E-state index is -1.05. The van der Waals surface area contributed by atoms with Gasteiger partial charge < -0.3 is 20.1 Å². The molecule has 0 fully saturated rings. The molecule has 2 heterocycles. The molecule has 1 aliphatic carbocycles. The van der Waals surface area contributed by atoms with Crippen LogP contribution in [0.2, 0.25) is 0 Å². The molecule has 0 saturated heterocycles. The number of hydrogen-bond acceptors (Lipinski definition) is 4. The van der Waals surface area contributed by atoms with Crippen molar-refractivity contribution >= 4 is 35.2 Å². The first-order valence-electron chi connectivity index (χ1n) is 9.31. The molecule has 4 rings (SSSR count). The lowest BCUT2D eigenvalue weighted by Crippen LogP contribution is -2.10. The van der Waals surface area contributed by atoms with E-state index in [1.807, 2.05) is 0 Å². The zero-order chi connectivity index (χ0) is 19.8. The Morgan fingerprint density at radius 2 is 1.96 bits per heavy atom. The number of anilines is 1. The predicted molar refractivity (Wildman–Crippen MR) is 103 cm³/mol. The lowest BCUT2D eigenvalue weighted by atomic mass is 9.91. The van der Waals surface area contributed by atoms with Gasteiger partial charge >= 0.3 is 11.9 Å². The van der Waals surface area contributed by atoms with Crippen molar-refractivity contribution in [2.45, 2.75) is 32.6 Å². The van der Waals surface area contributed by atoms with Gasteiger partial charge in [-0.25, -0.2) is 9.59 Å². The van der Waals surface area contributed by atoms with E-state index in [-0.39, 0.29) is 17.4 Å². The number of benzene rings is 1. The number of carboxylic acids is 1. The van der Waals surface area contributed by atoms with Crippen LogP contribution >= 0.6 is 0 Å². The standard InChI is InChI=1S/C21H20N2O5/c1-2-28-21(27)18-14-6-4-3-5-12(14)17(22-18)10-15-13-8-7-11(20(25)26)9-16(13)23-19(15)24/h7-10,22H,2-6H2,1H3,(H,23,24)(H,25,26)/b15-10-. The van der Waals surface area contributed by atoms with Crippen molar-refractivity contribution in [1.29, 1.82) is 0 Å². The molecule has 3 N–H and O–H groups in total. The van der Waals surface area contributed by atoms with Crippen molar-refractivity contribution in [3.05, 3.63) is 51.8 Å². The van der Waals surface area contributed by atoms with E-state index >= 15 is 0 Å². The molecule has 0 spiro atoms. The van der Waals surface area contributed by atoms with Gasteiger partial charge in [0.1, 0.15) is 5.69 Å². The number of aromatic nitrogens is 1. The van der Waals surface area contributed by atoms with E-state index in [4.69, 9.17) is 9.84 Å². The van der Waals surface area contributed by atoms with Crippen LogP contribution < -0.4 is 5.32 Å². The van der Waals surface area contributed by atoms with E-state index in [1.54, 1.807) is 19.1 Å². The Morgan fingerprint density at radius 3 is 2.68 bits per heavy atom. The van der Waals surface area contributed by atoms with Gasteiger partial charge in [-0.05, 0) is 61.9 Å². The van der Waals surface area contributed by atoms with E-state index < -0.39 is 5.97 Å². The second-order valence-corrected chi connectivity index (χ2v) is 6.88. The van der Waals surface area contributed by atoms with Gasteiger partial charge in [0.15, 0.2) is 0 Å². The molecule has 1 aromatic heterocycles. The maximum Gasteiger partial charge on any atom is 0.355 e. The van der Waals surface area contributed by atoms with Crippen LogP contribution in [0.3, 0.4) is 0 Å². The average molecular weight is 380 g/mol. The molecule has 1 aromatic carbocycles. The highest BCUT2D eigenvalue weighted by molar-refractivity contribution is 6.35. The molecule has 144 valence electrons. The number of rotatable bonds is 4. The van der Waals surface area contributed by atoms with Crippen LogP contribution in [0.1, 0.15) is 63.0 Å². The molecule has 1 amide bonds. The summed E-state index contributed by atoms with van der Waals surface area (Å²) in [6, 6.07) is 4.55. The van der Waals surface area contributed by atoms with Crippen molar-refractivity contribution < 1.29 is 24.2 Å². The Labute approximate surface area is 161 Å². The minimum absolute atomic E-state index is 0.113. The first kappa shape index (κ1) is 18.0. The maximum absolute atomic E-state index is 12.5. The number of carbonyl (C=O) groups excluding carboxylic acids is 2. The quantitative estimate of drug-likeness (QED) is 0.557. The van der Waals surface area contributed by atoms with Gasteiger partial charge in [0.05, 0.1) is 17.7 Å². The fourth-order valence-electron chi connectivity index (χ4n) is 3.88. The molecule has 0 bridgehead atoms. The van der Waals surface area contributed by atoms with Gasteiger partial charge in [0.2, 0.25) is 0 Å². The molecule has 0 radical (unpaired) electrons. The highest BCUT2D eigenvalue weighted by atomic mass is 16.5. The summed E-state index contributed by atoms with van der Waals surface area (Å²) < 4.78 is 5.16. The van der Waals surface area contributed by atoms with E-state index in [2.05, 4.69) is 10.3 Å². The Kier molecular flexibility index (Phi) is 4.50. The Morgan fingerprint density at radius 1 is 1.21 bits per heavy atom. The van der Waals surface area contributed by atoms with Crippen molar-refractivity contribution in [3.8, 4) is 0 Å². The van der Waals surface area contributed by atoms with Crippen LogP contribution in [-0.2, 0) is 22.4 Å². The normalized spacial score (nSPS) is 16.5. The van der Waals surface area contributed by atoms with Crippen LogP contribution in [0.15, 0.2) is 18.2 Å².